The molecule has 2 atom stereocenters. The smallest absolute Gasteiger partial charge is 0.388 e. The number of unbranched alkanes of at least 4 members (excludes halogenated alkanes) is 1. The second kappa shape index (κ2) is 9.73. The third-order valence-electron chi connectivity index (χ3n) is 4.80. The molecule has 0 aliphatic heterocycles. The molecule has 2 aromatic carbocycles. The number of amides is 1. The number of nitrogens with zero attached hydrogens (tertiary/aromatic N) is 1. The molecule has 0 radical (unpaired) electrons. The fraction of sp³-hybridized carbons (Fsp3) is 0.409. The fourth-order valence-corrected chi connectivity index (χ4v) is 3.22. The molecule has 3 nitrogen and oxygen atoms in total. The minimum atomic E-state index is -4.44. The molecule has 0 fully saturated rings. The number of carbonyl (C=O) groups excluding carboxylic acids is 1. The maximum absolute atomic E-state index is 13.2. The van der Waals surface area contributed by atoms with Crippen LogP contribution in [0.15, 0.2) is 54.6 Å². The van der Waals surface area contributed by atoms with Gasteiger partial charge in [-0.05, 0) is 43.2 Å². The van der Waals surface area contributed by atoms with Gasteiger partial charge in [0.1, 0.15) is 0 Å². The lowest BCUT2D eigenvalue weighted by molar-refractivity contribution is -0.137. The van der Waals surface area contributed by atoms with E-state index < -0.39 is 23.8 Å². The molecule has 0 unspecified atom stereocenters. The summed E-state index contributed by atoms with van der Waals surface area (Å²) in [5, 5.41) is 10.8. The number of halogens is 3. The Hall–Kier alpha value is -2.34. The fourth-order valence-electron chi connectivity index (χ4n) is 3.22. The van der Waals surface area contributed by atoms with E-state index >= 15 is 0 Å². The number of benzene rings is 2. The van der Waals surface area contributed by atoms with Crippen LogP contribution in [0.3, 0.4) is 0 Å². The Balaban J connectivity index is 2.29. The number of carbonyl (C=O) groups is 1. The first kappa shape index (κ1) is 22.0. The van der Waals surface area contributed by atoms with Crippen LogP contribution in [-0.2, 0) is 11.0 Å². The zero-order valence-corrected chi connectivity index (χ0v) is 16.1. The summed E-state index contributed by atoms with van der Waals surface area (Å²) >= 11 is 0. The first-order valence-electron chi connectivity index (χ1n) is 9.51. The van der Waals surface area contributed by atoms with Crippen molar-refractivity contribution in [3.05, 3.63) is 65.7 Å². The summed E-state index contributed by atoms with van der Waals surface area (Å²) in [6.45, 7) is 4.28. The second-order valence-electron chi connectivity index (χ2n) is 6.73. The van der Waals surface area contributed by atoms with E-state index in [4.69, 9.17) is 0 Å². The van der Waals surface area contributed by atoms with Crippen LogP contribution in [0.4, 0.5) is 18.9 Å². The van der Waals surface area contributed by atoms with E-state index in [1.54, 1.807) is 4.90 Å². The lowest BCUT2D eigenvalue weighted by atomic mass is 9.89. The van der Waals surface area contributed by atoms with E-state index in [0.29, 0.717) is 18.5 Å². The highest BCUT2D eigenvalue weighted by atomic mass is 19.4. The molecule has 28 heavy (non-hydrogen) atoms. The van der Waals surface area contributed by atoms with Crippen LogP contribution in [0, 0.1) is 5.92 Å². The number of para-hydroxylation sites is 1. The van der Waals surface area contributed by atoms with Crippen LogP contribution in [0.25, 0.3) is 0 Å². The molecule has 0 spiro atoms. The zero-order chi connectivity index (χ0) is 20.7. The Kier molecular flexibility index (Phi) is 7.63. The minimum Gasteiger partial charge on any atom is -0.388 e. The van der Waals surface area contributed by atoms with E-state index in [2.05, 4.69) is 0 Å². The van der Waals surface area contributed by atoms with Crippen LogP contribution >= 0.6 is 0 Å². The second-order valence-corrected chi connectivity index (χ2v) is 6.73. The predicted octanol–water partition coefficient (Wildman–Crippen LogP) is 5.60. The van der Waals surface area contributed by atoms with Gasteiger partial charge in [0.15, 0.2) is 0 Å². The molecule has 0 heterocycles. The third kappa shape index (κ3) is 5.35. The summed E-state index contributed by atoms with van der Waals surface area (Å²) in [6.07, 6.45) is -3.56. The summed E-state index contributed by atoms with van der Waals surface area (Å²) in [6, 6.07) is 13.5. The lowest BCUT2D eigenvalue weighted by Gasteiger charge is -2.29. The monoisotopic (exact) mass is 393 g/mol. The topological polar surface area (TPSA) is 40.5 Å². The van der Waals surface area contributed by atoms with Crippen molar-refractivity contribution in [1.29, 1.82) is 0 Å². The summed E-state index contributed by atoms with van der Waals surface area (Å²) < 4.78 is 38.4. The Morgan fingerprint density at radius 3 is 2.14 bits per heavy atom. The van der Waals surface area contributed by atoms with Gasteiger partial charge in [0.2, 0.25) is 5.91 Å². The summed E-state index contributed by atoms with van der Waals surface area (Å²) in [4.78, 5) is 14.8. The van der Waals surface area contributed by atoms with E-state index in [1.165, 1.54) is 12.1 Å². The largest absolute Gasteiger partial charge is 0.416 e. The van der Waals surface area contributed by atoms with Crippen molar-refractivity contribution < 1.29 is 23.1 Å². The molecule has 2 rings (SSSR count). The standard InChI is InChI=1S/C22H26F3NO2/c1-3-5-11-19(21(28)26(4-2)18-9-7-6-8-10-18)20(27)16-12-14-17(15-13-16)22(23,24)25/h6-10,12-15,19-20,27H,3-5,11H2,1-2H3/t19-,20-/m1/s1. The molecule has 1 N–H and O–H groups in total. The van der Waals surface area contributed by atoms with Crippen molar-refractivity contribution in [2.75, 3.05) is 11.4 Å². The van der Waals surface area contributed by atoms with Gasteiger partial charge in [-0.2, -0.15) is 13.2 Å². The Labute approximate surface area is 163 Å². The number of hydrogen-bond donors (Lipinski definition) is 1. The molecule has 0 saturated carbocycles. The first-order chi connectivity index (χ1) is 13.3. The average molecular weight is 393 g/mol. The molecule has 152 valence electrons. The number of hydrogen-bond acceptors (Lipinski definition) is 2. The molecule has 1 amide bonds. The Morgan fingerprint density at radius 1 is 1.04 bits per heavy atom. The Bertz CT molecular complexity index is 745. The normalized spacial score (nSPS) is 13.8. The van der Waals surface area contributed by atoms with Crippen molar-refractivity contribution in [3.63, 3.8) is 0 Å². The Morgan fingerprint density at radius 2 is 1.64 bits per heavy atom. The maximum Gasteiger partial charge on any atom is 0.416 e. The summed E-state index contributed by atoms with van der Waals surface area (Å²) in [7, 11) is 0. The van der Waals surface area contributed by atoms with Gasteiger partial charge >= 0.3 is 6.18 Å². The molecule has 0 aromatic heterocycles. The third-order valence-corrected chi connectivity index (χ3v) is 4.80. The zero-order valence-electron chi connectivity index (χ0n) is 16.1. The highest BCUT2D eigenvalue weighted by molar-refractivity contribution is 5.95. The summed E-state index contributed by atoms with van der Waals surface area (Å²) in [5.74, 6) is -0.952. The maximum atomic E-state index is 13.2. The van der Waals surface area contributed by atoms with Gasteiger partial charge < -0.3 is 10.0 Å². The van der Waals surface area contributed by atoms with E-state index in [9.17, 15) is 23.1 Å². The predicted molar refractivity (Wildman–Crippen MR) is 104 cm³/mol. The van der Waals surface area contributed by atoms with Crippen LogP contribution in [0.1, 0.15) is 50.3 Å². The van der Waals surface area contributed by atoms with Crippen LogP contribution in [0.2, 0.25) is 0 Å². The van der Waals surface area contributed by atoms with Crippen LogP contribution in [0.5, 0.6) is 0 Å². The van der Waals surface area contributed by atoms with Crippen molar-refractivity contribution in [1.82, 2.24) is 0 Å². The quantitative estimate of drug-likeness (QED) is 0.634. The number of alkyl halides is 3. The van der Waals surface area contributed by atoms with Gasteiger partial charge in [-0.15, -0.1) is 0 Å². The highest BCUT2D eigenvalue weighted by Gasteiger charge is 2.33. The van der Waals surface area contributed by atoms with Crippen molar-refractivity contribution in [2.45, 2.75) is 45.4 Å². The molecule has 0 aliphatic carbocycles. The number of anilines is 1. The van der Waals surface area contributed by atoms with Crippen LogP contribution in [-0.4, -0.2) is 17.6 Å². The molecule has 2 aromatic rings. The minimum absolute atomic E-state index is 0.227. The van der Waals surface area contributed by atoms with Gasteiger partial charge in [0, 0.05) is 12.2 Å². The first-order valence-corrected chi connectivity index (χ1v) is 9.51. The van der Waals surface area contributed by atoms with Gasteiger partial charge in [0.25, 0.3) is 0 Å². The SMILES string of the molecule is CCCC[C@@H](C(=O)N(CC)c1ccccc1)[C@H](O)c1ccc(C(F)(F)F)cc1. The lowest BCUT2D eigenvalue weighted by Crippen LogP contribution is -2.38. The highest BCUT2D eigenvalue weighted by Crippen LogP contribution is 2.33. The van der Waals surface area contributed by atoms with Gasteiger partial charge in [-0.1, -0.05) is 50.1 Å². The van der Waals surface area contributed by atoms with E-state index in [1.807, 2.05) is 44.2 Å². The molecular weight excluding hydrogens is 367 g/mol. The number of aliphatic hydroxyl groups excluding tert-OH is 1. The molecular formula is C22H26F3NO2. The van der Waals surface area contributed by atoms with Crippen molar-refractivity contribution >= 4 is 11.6 Å². The summed E-state index contributed by atoms with van der Waals surface area (Å²) in [5.41, 5.74) is 0.266. The molecule has 0 bridgehead atoms. The average Bonchev–Trinajstić information content (AvgIpc) is 2.69. The van der Waals surface area contributed by atoms with Gasteiger partial charge in [-0.25, -0.2) is 0 Å². The van der Waals surface area contributed by atoms with Crippen molar-refractivity contribution in [2.24, 2.45) is 5.92 Å². The van der Waals surface area contributed by atoms with Crippen molar-refractivity contribution in [3.8, 4) is 0 Å². The number of aliphatic hydroxyl groups is 1. The molecule has 6 heteroatoms. The van der Waals surface area contributed by atoms with E-state index in [0.717, 1.165) is 30.7 Å². The molecule has 0 aliphatic rings. The van der Waals surface area contributed by atoms with Crippen LogP contribution < -0.4 is 4.90 Å². The van der Waals surface area contributed by atoms with Gasteiger partial charge in [-0.3, -0.25) is 4.79 Å². The van der Waals surface area contributed by atoms with Gasteiger partial charge in [0.05, 0.1) is 17.6 Å². The number of rotatable bonds is 8. The van der Waals surface area contributed by atoms with E-state index in [-0.39, 0.29) is 5.91 Å². The molecule has 0 saturated heterocycles.